The predicted octanol–water partition coefficient (Wildman–Crippen LogP) is 1.22. The van der Waals surface area contributed by atoms with Crippen LogP contribution in [0.3, 0.4) is 0 Å². The number of halogens is 2. The molecule has 0 spiro atoms. The first-order valence-corrected chi connectivity index (χ1v) is 10.5. The second-order valence-electron chi connectivity index (χ2n) is 8.05. The van der Waals surface area contributed by atoms with E-state index in [4.69, 9.17) is 10.5 Å². The summed E-state index contributed by atoms with van der Waals surface area (Å²) in [5.74, 6) is -3.48. The highest BCUT2D eigenvalue weighted by Gasteiger charge is 2.30. The minimum Gasteiger partial charge on any atom is -0.469 e. The maximum Gasteiger partial charge on any atom is 0.287 e. The molecule has 0 saturated carbocycles. The quantitative estimate of drug-likeness (QED) is 0.526. The Morgan fingerprint density at radius 2 is 2.03 bits per heavy atom. The molecule has 3 heterocycles. The standard InChI is InChI=1S/C23H19F2N5O4/c24-14-3-4-15-17(18(14)25)22(32)29-21(28-15)23(33)27-8-11-1-2-12-5-6-30(9-13(12)7-11)19-16(31)10-34-20(19)26/h1-4,7H,5-6,8-10,26H2,(H,27,33)(H,28,29,32). The molecule has 0 saturated heterocycles. The van der Waals surface area contributed by atoms with Gasteiger partial charge >= 0.3 is 0 Å². The predicted molar refractivity (Wildman–Crippen MR) is 116 cm³/mol. The number of aromatic amines is 1. The van der Waals surface area contributed by atoms with Crippen molar-refractivity contribution in [3.8, 4) is 0 Å². The molecule has 0 unspecified atom stereocenters. The molecule has 2 aliphatic rings. The summed E-state index contributed by atoms with van der Waals surface area (Å²) < 4.78 is 32.4. The van der Waals surface area contributed by atoms with Crippen LogP contribution in [-0.4, -0.2) is 39.7 Å². The van der Waals surface area contributed by atoms with Crippen LogP contribution >= 0.6 is 0 Å². The molecular formula is C23H19F2N5O4. The highest BCUT2D eigenvalue weighted by atomic mass is 19.2. The number of nitrogens with one attached hydrogen (secondary N) is 2. The highest BCUT2D eigenvalue weighted by molar-refractivity contribution is 5.98. The molecule has 5 rings (SSSR count). The van der Waals surface area contributed by atoms with Gasteiger partial charge in [0.1, 0.15) is 11.1 Å². The number of hydrogen-bond donors (Lipinski definition) is 3. The molecule has 9 nitrogen and oxygen atoms in total. The van der Waals surface area contributed by atoms with Crippen LogP contribution in [-0.2, 0) is 29.0 Å². The fourth-order valence-electron chi connectivity index (χ4n) is 4.20. The Morgan fingerprint density at radius 3 is 2.79 bits per heavy atom. The van der Waals surface area contributed by atoms with E-state index in [1.807, 2.05) is 23.1 Å². The van der Waals surface area contributed by atoms with Gasteiger partial charge in [-0.3, -0.25) is 14.4 Å². The van der Waals surface area contributed by atoms with E-state index in [2.05, 4.69) is 15.3 Å². The molecule has 34 heavy (non-hydrogen) atoms. The number of ether oxygens (including phenoxy) is 1. The maximum atomic E-state index is 13.9. The summed E-state index contributed by atoms with van der Waals surface area (Å²) in [5, 5.41) is 2.12. The van der Waals surface area contributed by atoms with Crippen LogP contribution in [0.4, 0.5) is 8.78 Å². The molecule has 2 aromatic carbocycles. The number of carbonyl (C=O) groups is 2. The van der Waals surface area contributed by atoms with E-state index < -0.39 is 28.5 Å². The van der Waals surface area contributed by atoms with Gasteiger partial charge in [-0.05, 0) is 35.2 Å². The number of hydrogen-bond acceptors (Lipinski definition) is 7. The van der Waals surface area contributed by atoms with Crippen LogP contribution in [0.2, 0.25) is 0 Å². The summed E-state index contributed by atoms with van der Waals surface area (Å²) >= 11 is 0. The summed E-state index contributed by atoms with van der Waals surface area (Å²) in [5.41, 5.74) is 8.07. The third-order valence-corrected chi connectivity index (χ3v) is 5.89. The molecule has 0 bridgehead atoms. The third kappa shape index (κ3) is 3.74. The van der Waals surface area contributed by atoms with Gasteiger partial charge in [-0.25, -0.2) is 13.8 Å². The van der Waals surface area contributed by atoms with Crippen molar-refractivity contribution in [1.29, 1.82) is 0 Å². The molecular weight excluding hydrogens is 448 g/mol. The van der Waals surface area contributed by atoms with Gasteiger partial charge in [0.05, 0.1) is 5.52 Å². The van der Waals surface area contributed by atoms with Crippen molar-refractivity contribution in [2.24, 2.45) is 5.73 Å². The van der Waals surface area contributed by atoms with E-state index >= 15 is 0 Å². The molecule has 1 amide bonds. The second-order valence-corrected chi connectivity index (χ2v) is 8.05. The first-order chi connectivity index (χ1) is 16.3. The van der Waals surface area contributed by atoms with E-state index in [-0.39, 0.29) is 36.2 Å². The van der Waals surface area contributed by atoms with Crippen LogP contribution in [0.5, 0.6) is 0 Å². The fourth-order valence-corrected chi connectivity index (χ4v) is 4.20. The zero-order chi connectivity index (χ0) is 24.0. The normalized spacial score (nSPS) is 15.5. The third-order valence-electron chi connectivity index (χ3n) is 5.89. The lowest BCUT2D eigenvalue weighted by Crippen LogP contribution is -2.33. The Labute approximate surface area is 191 Å². The Balaban J connectivity index is 1.32. The number of amides is 1. The Bertz CT molecular complexity index is 1450. The van der Waals surface area contributed by atoms with Crippen LogP contribution in [0.25, 0.3) is 10.9 Å². The zero-order valence-corrected chi connectivity index (χ0v) is 17.8. The molecule has 3 aromatic rings. The number of rotatable bonds is 4. The lowest BCUT2D eigenvalue weighted by molar-refractivity contribution is -0.117. The molecule has 174 valence electrons. The van der Waals surface area contributed by atoms with Crippen LogP contribution < -0.4 is 16.6 Å². The molecule has 2 aliphatic heterocycles. The first kappa shape index (κ1) is 21.6. The van der Waals surface area contributed by atoms with Crippen molar-refractivity contribution in [2.75, 3.05) is 13.2 Å². The van der Waals surface area contributed by atoms with Crippen molar-refractivity contribution in [3.05, 3.63) is 86.4 Å². The minimum atomic E-state index is -1.32. The van der Waals surface area contributed by atoms with E-state index in [0.717, 1.165) is 35.2 Å². The number of aromatic nitrogens is 2. The summed E-state index contributed by atoms with van der Waals surface area (Å²) in [4.78, 5) is 44.9. The molecule has 0 radical (unpaired) electrons. The molecule has 0 fully saturated rings. The summed E-state index contributed by atoms with van der Waals surface area (Å²) in [6.07, 6.45) is 0.728. The maximum absolute atomic E-state index is 13.9. The number of carbonyl (C=O) groups excluding carboxylic acids is 2. The number of nitrogens with zero attached hydrogens (tertiary/aromatic N) is 2. The molecule has 11 heteroatoms. The largest absolute Gasteiger partial charge is 0.469 e. The van der Waals surface area contributed by atoms with Gasteiger partial charge in [0, 0.05) is 19.6 Å². The number of Topliss-reactive ketones (excluding diaryl/α,β-unsaturated/α-hetero) is 1. The second kappa shape index (κ2) is 8.25. The molecule has 4 N–H and O–H groups in total. The molecule has 0 aliphatic carbocycles. The Hall–Kier alpha value is -4.28. The van der Waals surface area contributed by atoms with Gasteiger partial charge in [-0.1, -0.05) is 18.2 Å². The molecule has 1 aromatic heterocycles. The summed E-state index contributed by atoms with van der Waals surface area (Å²) in [6.45, 7) is 1.20. The van der Waals surface area contributed by atoms with Crippen molar-refractivity contribution in [1.82, 2.24) is 20.2 Å². The number of fused-ring (bicyclic) bond motifs is 2. The molecule has 0 atom stereocenters. The number of H-pyrrole nitrogens is 1. The van der Waals surface area contributed by atoms with E-state index in [1.165, 1.54) is 0 Å². The van der Waals surface area contributed by atoms with Crippen molar-refractivity contribution < 1.29 is 23.1 Å². The average molecular weight is 467 g/mol. The zero-order valence-electron chi connectivity index (χ0n) is 17.8. The van der Waals surface area contributed by atoms with Gasteiger partial charge in [0.2, 0.25) is 11.7 Å². The lowest BCUT2D eigenvalue weighted by Gasteiger charge is -2.30. The SMILES string of the molecule is NC1=C(N2CCc3ccc(CNC(=O)c4nc5ccc(F)c(F)c5c(=O)[nH]4)cc3C2)C(=O)CO1. The summed E-state index contributed by atoms with van der Waals surface area (Å²) in [7, 11) is 0. The monoisotopic (exact) mass is 467 g/mol. The van der Waals surface area contributed by atoms with Crippen molar-refractivity contribution in [3.63, 3.8) is 0 Å². The highest BCUT2D eigenvalue weighted by Crippen LogP contribution is 2.26. The minimum absolute atomic E-state index is 0.0525. The van der Waals surface area contributed by atoms with Crippen LogP contribution in [0.15, 0.2) is 46.7 Å². The average Bonchev–Trinajstić information content (AvgIpc) is 3.16. The Kier molecular flexibility index (Phi) is 5.23. The van der Waals surface area contributed by atoms with Crippen molar-refractivity contribution >= 4 is 22.6 Å². The smallest absolute Gasteiger partial charge is 0.287 e. The van der Waals surface area contributed by atoms with E-state index in [1.54, 1.807) is 0 Å². The Morgan fingerprint density at radius 1 is 1.21 bits per heavy atom. The van der Waals surface area contributed by atoms with Gasteiger partial charge in [-0.15, -0.1) is 0 Å². The summed E-state index contributed by atoms with van der Waals surface area (Å²) in [6, 6.07) is 7.75. The fraction of sp³-hybridized carbons (Fsp3) is 0.217. The van der Waals surface area contributed by atoms with Gasteiger partial charge in [0.25, 0.3) is 11.5 Å². The van der Waals surface area contributed by atoms with Gasteiger partial charge < -0.3 is 25.7 Å². The van der Waals surface area contributed by atoms with Crippen LogP contribution in [0.1, 0.15) is 27.3 Å². The van der Waals surface area contributed by atoms with Gasteiger partial charge in [0.15, 0.2) is 24.1 Å². The van der Waals surface area contributed by atoms with Crippen molar-refractivity contribution in [2.45, 2.75) is 19.5 Å². The number of nitrogens with two attached hydrogens (primary N) is 1. The van der Waals surface area contributed by atoms with Gasteiger partial charge in [-0.2, -0.15) is 0 Å². The van der Waals surface area contributed by atoms with E-state index in [0.29, 0.717) is 18.8 Å². The number of benzene rings is 2. The number of ketones is 1. The topological polar surface area (TPSA) is 130 Å². The van der Waals surface area contributed by atoms with E-state index in [9.17, 15) is 23.2 Å². The van der Waals surface area contributed by atoms with Crippen LogP contribution in [0, 0.1) is 11.6 Å². The first-order valence-electron chi connectivity index (χ1n) is 10.5. The lowest BCUT2D eigenvalue weighted by atomic mass is 9.96.